The summed E-state index contributed by atoms with van der Waals surface area (Å²) in [7, 11) is 0. The monoisotopic (exact) mass is 159 g/mol. The second-order valence-electron chi connectivity index (χ2n) is 3.56. The van der Waals surface area contributed by atoms with Crippen molar-refractivity contribution >= 4 is 0 Å². The molecule has 11 heavy (non-hydrogen) atoms. The summed E-state index contributed by atoms with van der Waals surface area (Å²) in [5, 5.41) is 8.60. The van der Waals surface area contributed by atoms with Crippen LogP contribution < -0.4 is 0 Å². The predicted octanol–water partition coefficient (Wildman–Crippen LogP) is 2.73. The Hall–Kier alpha value is -0.650. The van der Waals surface area contributed by atoms with Crippen LogP contribution in [0.2, 0.25) is 0 Å². The van der Waals surface area contributed by atoms with E-state index in [0.29, 0.717) is 12.8 Å². The normalized spacial score (nSPS) is 36.2. The first-order valence-electron chi connectivity index (χ1n) is 3.77. The molecule has 1 atom stereocenters. The van der Waals surface area contributed by atoms with Gasteiger partial charge in [-0.1, -0.05) is 0 Å². The summed E-state index contributed by atoms with van der Waals surface area (Å²) in [5.74, 6) is -2.61. The van der Waals surface area contributed by atoms with E-state index in [1.807, 2.05) is 6.07 Å². The van der Waals surface area contributed by atoms with Gasteiger partial charge in [-0.3, -0.25) is 0 Å². The van der Waals surface area contributed by atoms with Crippen LogP contribution in [0, 0.1) is 16.7 Å². The van der Waals surface area contributed by atoms with Crippen LogP contribution in [0.5, 0.6) is 0 Å². The molecule has 0 saturated heterocycles. The van der Waals surface area contributed by atoms with Crippen LogP contribution in [0.15, 0.2) is 0 Å². The van der Waals surface area contributed by atoms with Gasteiger partial charge in [-0.05, 0) is 19.8 Å². The number of nitriles is 1. The number of hydrogen-bond donors (Lipinski definition) is 0. The van der Waals surface area contributed by atoms with Gasteiger partial charge >= 0.3 is 0 Å². The van der Waals surface area contributed by atoms with Crippen molar-refractivity contribution in [2.45, 2.75) is 38.5 Å². The van der Waals surface area contributed by atoms with Crippen molar-refractivity contribution in [1.29, 1.82) is 5.26 Å². The van der Waals surface area contributed by atoms with Crippen LogP contribution in [0.3, 0.4) is 0 Å². The molecule has 1 fully saturated rings. The minimum absolute atomic E-state index is 0.0513. The maximum atomic E-state index is 12.7. The van der Waals surface area contributed by atoms with E-state index in [0.717, 1.165) is 0 Å². The highest BCUT2D eigenvalue weighted by Gasteiger charge is 2.43. The fraction of sp³-hybridized carbons (Fsp3) is 0.875. The summed E-state index contributed by atoms with van der Waals surface area (Å²) >= 11 is 0. The molecule has 0 aromatic carbocycles. The van der Waals surface area contributed by atoms with E-state index in [-0.39, 0.29) is 12.8 Å². The zero-order valence-corrected chi connectivity index (χ0v) is 6.53. The first-order valence-corrected chi connectivity index (χ1v) is 3.77. The Labute approximate surface area is 65.0 Å². The number of rotatable bonds is 0. The molecular weight excluding hydrogens is 148 g/mol. The Bertz CT molecular complexity index is 195. The van der Waals surface area contributed by atoms with E-state index in [2.05, 4.69) is 0 Å². The molecule has 1 saturated carbocycles. The maximum Gasteiger partial charge on any atom is 0.249 e. The van der Waals surface area contributed by atoms with Crippen LogP contribution in [-0.2, 0) is 0 Å². The van der Waals surface area contributed by atoms with Gasteiger partial charge in [0.1, 0.15) is 0 Å². The predicted molar refractivity (Wildman–Crippen MR) is 37.1 cm³/mol. The van der Waals surface area contributed by atoms with Gasteiger partial charge in [-0.25, -0.2) is 8.78 Å². The van der Waals surface area contributed by atoms with E-state index in [9.17, 15) is 8.78 Å². The molecule has 0 amide bonds. The molecule has 0 aromatic rings. The second-order valence-corrected chi connectivity index (χ2v) is 3.56. The molecule has 0 spiro atoms. The molecule has 1 rings (SSSR count). The van der Waals surface area contributed by atoms with Crippen LogP contribution >= 0.6 is 0 Å². The molecule has 0 aliphatic heterocycles. The molecule has 62 valence electrons. The molecular formula is C8H11F2N. The molecule has 1 nitrogen and oxygen atoms in total. The zero-order valence-electron chi connectivity index (χ0n) is 6.53. The van der Waals surface area contributed by atoms with Gasteiger partial charge in [0.15, 0.2) is 0 Å². The number of alkyl halides is 2. The summed E-state index contributed by atoms with van der Waals surface area (Å²) in [6.07, 6.45) is 0.761. The molecule has 0 N–H and O–H groups in total. The van der Waals surface area contributed by atoms with Crippen molar-refractivity contribution in [2.24, 2.45) is 5.41 Å². The van der Waals surface area contributed by atoms with Crippen LogP contribution in [0.1, 0.15) is 32.6 Å². The lowest BCUT2D eigenvalue weighted by Crippen LogP contribution is -2.32. The van der Waals surface area contributed by atoms with Crippen LogP contribution in [-0.4, -0.2) is 5.92 Å². The Morgan fingerprint density at radius 2 is 2.00 bits per heavy atom. The Kier molecular flexibility index (Phi) is 1.87. The summed E-state index contributed by atoms with van der Waals surface area (Å²) in [6, 6.07) is 1.96. The third-order valence-corrected chi connectivity index (χ3v) is 2.19. The summed E-state index contributed by atoms with van der Waals surface area (Å²) in [5.41, 5.74) is -0.790. The van der Waals surface area contributed by atoms with Crippen LogP contribution in [0.4, 0.5) is 8.78 Å². The minimum atomic E-state index is -2.61. The molecule has 0 aromatic heterocycles. The molecule has 3 heteroatoms. The van der Waals surface area contributed by atoms with Crippen molar-refractivity contribution in [3.8, 4) is 6.07 Å². The molecule has 1 aliphatic carbocycles. The molecule has 0 bridgehead atoms. The highest BCUT2D eigenvalue weighted by molar-refractivity contribution is 5.01. The van der Waals surface area contributed by atoms with Gasteiger partial charge in [-0.2, -0.15) is 5.26 Å². The van der Waals surface area contributed by atoms with Gasteiger partial charge in [0.05, 0.1) is 11.5 Å². The van der Waals surface area contributed by atoms with Gasteiger partial charge in [0.2, 0.25) is 5.92 Å². The zero-order chi connectivity index (χ0) is 8.54. The van der Waals surface area contributed by atoms with Gasteiger partial charge in [-0.15, -0.1) is 0 Å². The molecule has 0 heterocycles. The lowest BCUT2D eigenvalue weighted by atomic mass is 9.75. The number of hydrogen-bond acceptors (Lipinski definition) is 1. The van der Waals surface area contributed by atoms with Crippen molar-refractivity contribution in [2.75, 3.05) is 0 Å². The third-order valence-electron chi connectivity index (χ3n) is 2.19. The summed E-state index contributed by atoms with van der Waals surface area (Å²) in [4.78, 5) is 0. The van der Waals surface area contributed by atoms with Gasteiger partial charge in [0.25, 0.3) is 0 Å². The first-order chi connectivity index (χ1) is 4.97. The largest absolute Gasteiger partial charge is 0.249 e. The van der Waals surface area contributed by atoms with E-state index in [4.69, 9.17) is 5.26 Å². The average Bonchev–Trinajstić information content (AvgIpc) is 1.85. The SMILES string of the molecule is CC1(C#N)CCCC(F)(F)C1. The lowest BCUT2D eigenvalue weighted by Gasteiger charge is -2.32. The van der Waals surface area contributed by atoms with Crippen molar-refractivity contribution in [3.63, 3.8) is 0 Å². The standard InChI is InChI=1S/C8H11F2N/c1-7(6-11)3-2-4-8(9,10)5-7/h2-5H2,1H3. The Morgan fingerprint density at radius 1 is 1.36 bits per heavy atom. The van der Waals surface area contributed by atoms with E-state index < -0.39 is 11.3 Å². The highest BCUT2D eigenvalue weighted by Crippen LogP contribution is 2.43. The first kappa shape index (κ1) is 8.45. The fourth-order valence-corrected chi connectivity index (χ4v) is 1.58. The number of nitrogens with zero attached hydrogens (tertiary/aromatic N) is 1. The van der Waals surface area contributed by atoms with E-state index >= 15 is 0 Å². The smallest absolute Gasteiger partial charge is 0.207 e. The maximum absolute atomic E-state index is 12.7. The Balaban J connectivity index is 2.69. The summed E-state index contributed by atoms with van der Waals surface area (Å²) in [6.45, 7) is 1.61. The Morgan fingerprint density at radius 3 is 2.36 bits per heavy atom. The van der Waals surface area contributed by atoms with E-state index in [1.165, 1.54) is 0 Å². The van der Waals surface area contributed by atoms with Gasteiger partial charge < -0.3 is 0 Å². The van der Waals surface area contributed by atoms with E-state index in [1.54, 1.807) is 6.92 Å². The van der Waals surface area contributed by atoms with Gasteiger partial charge in [0, 0.05) is 12.8 Å². The molecule has 1 aliphatic rings. The minimum Gasteiger partial charge on any atom is -0.207 e. The van der Waals surface area contributed by atoms with Crippen molar-refractivity contribution in [3.05, 3.63) is 0 Å². The molecule has 1 unspecified atom stereocenters. The lowest BCUT2D eigenvalue weighted by molar-refractivity contribution is -0.0638. The van der Waals surface area contributed by atoms with Crippen molar-refractivity contribution < 1.29 is 8.78 Å². The number of halogens is 2. The third kappa shape index (κ3) is 1.89. The van der Waals surface area contributed by atoms with Crippen LogP contribution in [0.25, 0.3) is 0 Å². The summed E-state index contributed by atoms with van der Waals surface area (Å²) < 4.78 is 25.5. The highest BCUT2D eigenvalue weighted by atomic mass is 19.3. The average molecular weight is 159 g/mol. The quantitative estimate of drug-likeness (QED) is 0.533. The fourth-order valence-electron chi connectivity index (χ4n) is 1.58. The van der Waals surface area contributed by atoms with Crippen molar-refractivity contribution in [1.82, 2.24) is 0 Å². The molecule has 0 radical (unpaired) electrons. The second kappa shape index (κ2) is 2.44. The topological polar surface area (TPSA) is 23.8 Å².